The standard InChI is InChI=1S/C24H36O4/c1-14-8-10-23(4)17(12-14)6-7-18-19(23)9-11-24(5)20(18)13-21(27-15(2)25)22(24)28-16(3)26/h6,14,18-22H,7-13H2,1-5H3/t14-,18?,19?,20?,21-,22+,23+,24+/m1/s1. The van der Waals surface area contributed by atoms with Gasteiger partial charge in [0.05, 0.1) is 0 Å². The summed E-state index contributed by atoms with van der Waals surface area (Å²) in [5, 5.41) is 0. The summed E-state index contributed by atoms with van der Waals surface area (Å²) in [5.41, 5.74) is 1.92. The Balaban J connectivity index is 1.65. The van der Waals surface area contributed by atoms with Gasteiger partial charge in [0.15, 0.2) is 0 Å². The Hall–Kier alpha value is -1.32. The molecule has 0 heterocycles. The molecule has 0 aromatic rings. The summed E-state index contributed by atoms with van der Waals surface area (Å²) < 4.78 is 11.5. The van der Waals surface area contributed by atoms with Crippen molar-refractivity contribution in [3.63, 3.8) is 0 Å². The van der Waals surface area contributed by atoms with Crippen molar-refractivity contribution >= 4 is 11.9 Å². The van der Waals surface area contributed by atoms with Gasteiger partial charge in [0.2, 0.25) is 0 Å². The molecule has 0 radical (unpaired) electrons. The first-order valence-electron chi connectivity index (χ1n) is 11.2. The summed E-state index contributed by atoms with van der Waals surface area (Å²) >= 11 is 0. The second-order valence-electron chi connectivity index (χ2n) is 10.6. The predicted molar refractivity (Wildman–Crippen MR) is 107 cm³/mol. The molecule has 4 heteroatoms. The zero-order chi connectivity index (χ0) is 20.3. The fourth-order valence-electron chi connectivity index (χ4n) is 7.50. The van der Waals surface area contributed by atoms with Crippen molar-refractivity contribution in [3.05, 3.63) is 11.6 Å². The van der Waals surface area contributed by atoms with Gasteiger partial charge in [0.25, 0.3) is 0 Å². The molecule has 3 fully saturated rings. The Labute approximate surface area is 169 Å². The Morgan fingerprint density at radius 3 is 2.43 bits per heavy atom. The minimum atomic E-state index is -0.315. The molecule has 3 saturated carbocycles. The first kappa shape index (κ1) is 20.0. The van der Waals surface area contributed by atoms with Crippen LogP contribution in [0.5, 0.6) is 0 Å². The molecule has 0 saturated heterocycles. The van der Waals surface area contributed by atoms with Crippen LogP contribution >= 0.6 is 0 Å². The normalized spacial score (nSPS) is 47.2. The molecule has 28 heavy (non-hydrogen) atoms. The van der Waals surface area contributed by atoms with E-state index in [1.54, 1.807) is 5.57 Å². The number of allylic oxidation sites excluding steroid dienone is 2. The van der Waals surface area contributed by atoms with Crippen LogP contribution in [0.1, 0.15) is 79.6 Å². The van der Waals surface area contributed by atoms with Crippen LogP contribution in [0.25, 0.3) is 0 Å². The van der Waals surface area contributed by atoms with Gasteiger partial charge in [-0.25, -0.2) is 0 Å². The van der Waals surface area contributed by atoms with E-state index in [9.17, 15) is 9.59 Å². The average molecular weight is 389 g/mol. The third-order valence-corrected chi connectivity index (χ3v) is 8.87. The average Bonchev–Trinajstić information content (AvgIpc) is 2.87. The summed E-state index contributed by atoms with van der Waals surface area (Å²) in [6.07, 6.45) is 9.99. The van der Waals surface area contributed by atoms with Gasteiger partial charge in [-0.3, -0.25) is 9.59 Å². The number of fused-ring (bicyclic) bond motifs is 5. The van der Waals surface area contributed by atoms with E-state index in [-0.39, 0.29) is 29.6 Å². The number of esters is 2. The van der Waals surface area contributed by atoms with Crippen LogP contribution in [-0.2, 0) is 19.1 Å². The summed E-state index contributed by atoms with van der Waals surface area (Å²) in [5.74, 6) is 1.99. The molecule has 0 aromatic carbocycles. The van der Waals surface area contributed by atoms with Gasteiger partial charge in [-0.15, -0.1) is 0 Å². The van der Waals surface area contributed by atoms with E-state index in [0.29, 0.717) is 23.2 Å². The predicted octanol–water partition coefficient (Wildman–Crippen LogP) is 5.06. The Bertz CT molecular complexity index is 697. The number of hydrogen-bond acceptors (Lipinski definition) is 4. The SMILES string of the molecule is CC(=O)O[C@@H]1CC2C3CC=C4C[C@H](C)CC[C@]4(C)C3CC[C@]2(C)[C@H]1OC(C)=O. The highest BCUT2D eigenvalue weighted by atomic mass is 16.6. The molecule has 4 rings (SSSR count). The van der Waals surface area contributed by atoms with Gasteiger partial charge < -0.3 is 9.47 Å². The minimum Gasteiger partial charge on any atom is -0.459 e. The van der Waals surface area contributed by atoms with Crippen molar-refractivity contribution < 1.29 is 19.1 Å². The van der Waals surface area contributed by atoms with Gasteiger partial charge in [0.1, 0.15) is 12.2 Å². The molecular weight excluding hydrogens is 352 g/mol. The van der Waals surface area contributed by atoms with Crippen LogP contribution in [0.4, 0.5) is 0 Å². The van der Waals surface area contributed by atoms with Crippen molar-refractivity contribution in [1.82, 2.24) is 0 Å². The van der Waals surface area contributed by atoms with Gasteiger partial charge in [-0.2, -0.15) is 0 Å². The third kappa shape index (κ3) is 3.02. The van der Waals surface area contributed by atoms with Crippen molar-refractivity contribution in [2.75, 3.05) is 0 Å². The highest BCUT2D eigenvalue weighted by Gasteiger charge is 2.63. The zero-order valence-corrected chi connectivity index (χ0v) is 18.1. The highest BCUT2D eigenvalue weighted by Crippen LogP contribution is 2.65. The lowest BCUT2D eigenvalue weighted by Crippen LogP contribution is -2.51. The van der Waals surface area contributed by atoms with E-state index in [2.05, 4.69) is 26.8 Å². The van der Waals surface area contributed by atoms with Crippen molar-refractivity contribution in [3.8, 4) is 0 Å². The van der Waals surface area contributed by atoms with E-state index >= 15 is 0 Å². The molecule has 0 amide bonds. The second-order valence-corrected chi connectivity index (χ2v) is 10.6. The number of ether oxygens (including phenoxy) is 2. The Morgan fingerprint density at radius 1 is 1.04 bits per heavy atom. The van der Waals surface area contributed by atoms with Crippen molar-refractivity contribution in [2.24, 2.45) is 34.5 Å². The van der Waals surface area contributed by atoms with E-state index in [1.807, 2.05) is 0 Å². The van der Waals surface area contributed by atoms with Crippen molar-refractivity contribution in [2.45, 2.75) is 91.8 Å². The lowest BCUT2D eigenvalue weighted by molar-refractivity contribution is -0.172. The highest BCUT2D eigenvalue weighted by molar-refractivity contribution is 5.67. The quantitative estimate of drug-likeness (QED) is 0.490. The largest absolute Gasteiger partial charge is 0.459 e. The van der Waals surface area contributed by atoms with Gasteiger partial charge in [0, 0.05) is 19.3 Å². The van der Waals surface area contributed by atoms with Crippen LogP contribution < -0.4 is 0 Å². The molecule has 0 aromatic heterocycles. The number of rotatable bonds is 2. The van der Waals surface area contributed by atoms with Crippen LogP contribution in [0.3, 0.4) is 0 Å². The Kier molecular flexibility index (Phi) is 4.91. The van der Waals surface area contributed by atoms with Crippen LogP contribution in [0.15, 0.2) is 11.6 Å². The lowest BCUT2D eigenvalue weighted by atomic mass is 9.47. The first-order chi connectivity index (χ1) is 13.1. The smallest absolute Gasteiger partial charge is 0.303 e. The van der Waals surface area contributed by atoms with E-state index in [4.69, 9.17) is 9.47 Å². The fraction of sp³-hybridized carbons (Fsp3) is 0.833. The molecule has 0 N–H and O–H groups in total. The van der Waals surface area contributed by atoms with Gasteiger partial charge in [-0.05, 0) is 74.0 Å². The van der Waals surface area contributed by atoms with Crippen LogP contribution in [0.2, 0.25) is 0 Å². The van der Waals surface area contributed by atoms with Crippen molar-refractivity contribution in [1.29, 1.82) is 0 Å². The molecule has 8 atom stereocenters. The minimum absolute atomic E-state index is 0.101. The third-order valence-electron chi connectivity index (χ3n) is 8.87. The summed E-state index contributed by atoms with van der Waals surface area (Å²) in [6, 6.07) is 0. The number of carbonyl (C=O) groups excluding carboxylic acids is 2. The molecule has 4 nitrogen and oxygen atoms in total. The van der Waals surface area contributed by atoms with Crippen LogP contribution in [-0.4, -0.2) is 24.1 Å². The lowest BCUT2D eigenvalue weighted by Gasteiger charge is -2.57. The maximum Gasteiger partial charge on any atom is 0.303 e. The Morgan fingerprint density at radius 2 is 1.75 bits per heavy atom. The van der Waals surface area contributed by atoms with E-state index < -0.39 is 0 Å². The van der Waals surface area contributed by atoms with Gasteiger partial charge in [-0.1, -0.05) is 32.4 Å². The van der Waals surface area contributed by atoms with Gasteiger partial charge >= 0.3 is 11.9 Å². The van der Waals surface area contributed by atoms with Crippen LogP contribution in [0, 0.1) is 34.5 Å². The monoisotopic (exact) mass is 388 g/mol. The fourth-order valence-corrected chi connectivity index (χ4v) is 7.50. The summed E-state index contributed by atoms with van der Waals surface area (Å²) in [4.78, 5) is 23.5. The molecule has 156 valence electrons. The van der Waals surface area contributed by atoms with E-state index in [0.717, 1.165) is 25.2 Å². The molecule has 0 bridgehead atoms. The van der Waals surface area contributed by atoms with E-state index in [1.165, 1.54) is 39.5 Å². The molecule has 4 aliphatic carbocycles. The topological polar surface area (TPSA) is 52.6 Å². The second kappa shape index (κ2) is 6.88. The first-order valence-corrected chi connectivity index (χ1v) is 11.2. The molecule has 4 aliphatic rings. The zero-order valence-electron chi connectivity index (χ0n) is 18.1. The summed E-state index contributed by atoms with van der Waals surface area (Å²) in [7, 11) is 0. The number of hydrogen-bond donors (Lipinski definition) is 0. The molecule has 0 spiro atoms. The number of carbonyl (C=O) groups is 2. The summed E-state index contributed by atoms with van der Waals surface area (Å²) in [6.45, 7) is 10.1. The molecule has 3 unspecified atom stereocenters. The maximum atomic E-state index is 11.8. The molecular formula is C24H36O4. The molecule has 0 aliphatic heterocycles. The maximum absolute atomic E-state index is 11.8.